The maximum Gasteiger partial charge on any atom is 0.0432 e. The second kappa shape index (κ2) is 5.54. The lowest BCUT2D eigenvalue weighted by Gasteiger charge is -2.39. The molecule has 0 amide bonds. The molecular weight excluding hydrogens is 232 g/mol. The summed E-state index contributed by atoms with van der Waals surface area (Å²) in [5.41, 5.74) is 4.61. The van der Waals surface area contributed by atoms with E-state index in [9.17, 15) is 0 Å². The summed E-state index contributed by atoms with van der Waals surface area (Å²) in [4.78, 5) is 2.64. The van der Waals surface area contributed by atoms with E-state index < -0.39 is 0 Å². The molecule has 1 aliphatic heterocycles. The molecule has 1 atom stereocenters. The third-order valence-corrected chi connectivity index (χ3v) is 4.82. The summed E-state index contributed by atoms with van der Waals surface area (Å²) >= 11 is 0. The van der Waals surface area contributed by atoms with Crippen LogP contribution in [-0.4, -0.2) is 25.7 Å². The van der Waals surface area contributed by atoms with E-state index in [1.807, 2.05) is 0 Å². The van der Waals surface area contributed by atoms with E-state index in [0.29, 0.717) is 0 Å². The van der Waals surface area contributed by atoms with Gasteiger partial charge in [-0.05, 0) is 64.3 Å². The molecule has 0 saturated carbocycles. The van der Waals surface area contributed by atoms with E-state index in [0.717, 1.165) is 18.9 Å². The number of rotatable bonds is 4. The third kappa shape index (κ3) is 2.51. The Balaban J connectivity index is 2.38. The quantitative estimate of drug-likeness (QED) is 0.893. The van der Waals surface area contributed by atoms with Gasteiger partial charge in [-0.2, -0.15) is 0 Å². The zero-order valence-electron chi connectivity index (χ0n) is 13.1. The Morgan fingerprint density at radius 1 is 1.37 bits per heavy atom. The van der Waals surface area contributed by atoms with E-state index in [4.69, 9.17) is 0 Å². The lowest BCUT2D eigenvalue weighted by Crippen LogP contribution is -2.45. The first-order valence-electron chi connectivity index (χ1n) is 7.53. The van der Waals surface area contributed by atoms with Crippen LogP contribution in [0.5, 0.6) is 0 Å². The fraction of sp³-hybridized carbons (Fsp3) is 0.647. The maximum absolute atomic E-state index is 3.35. The second-order valence-corrected chi connectivity index (χ2v) is 6.28. The largest absolute Gasteiger partial charge is 0.366 e. The molecule has 0 bridgehead atoms. The summed E-state index contributed by atoms with van der Waals surface area (Å²) in [5.74, 6) is 0.724. The van der Waals surface area contributed by atoms with Crippen molar-refractivity contribution in [2.24, 2.45) is 5.92 Å². The number of nitrogens with one attached hydrogen (secondary N) is 1. The Morgan fingerprint density at radius 2 is 2.11 bits per heavy atom. The summed E-state index contributed by atoms with van der Waals surface area (Å²) in [6.45, 7) is 11.6. The minimum Gasteiger partial charge on any atom is -0.366 e. The van der Waals surface area contributed by atoms with Gasteiger partial charge >= 0.3 is 0 Å². The molecule has 106 valence electrons. The van der Waals surface area contributed by atoms with Gasteiger partial charge in [0.2, 0.25) is 0 Å². The maximum atomic E-state index is 3.35. The first-order chi connectivity index (χ1) is 9.02. The highest BCUT2D eigenvalue weighted by Gasteiger charge is 2.41. The fourth-order valence-corrected chi connectivity index (χ4v) is 3.54. The van der Waals surface area contributed by atoms with Crippen LogP contribution in [0.3, 0.4) is 0 Å². The van der Waals surface area contributed by atoms with Gasteiger partial charge in [-0.15, -0.1) is 0 Å². The molecule has 0 aliphatic carbocycles. The van der Waals surface area contributed by atoms with Gasteiger partial charge in [0.25, 0.3) is 0 Å². The normalized spacial score (nSPS) is 21.9. The van der Waals surface area contributed by atoms with Crippen LogP contribution in [0.4, 0.5) is 5.69 Å². The van der Waals surface area contributed by atoms with Crippen molar-refractivity contribution in [2.75, 3.05) is 25.0 Å². The van der Waals surface area contributed by atoms with Crippen molar-refractivity contribution in [3.05, 3.63) is 29.3 Å². The average Bonchev–Trinajstić information content (AvgIpc) is 2.65. The van der Waals surface area contributed by atoms with Crippen LogP contribution in [0.2, 0.25) is 0 Å². The topological polar surface area (TPSA) is 15.3 Å². The first-order valence-corrected chi connectivity index (χ1v) is 7.53. The van der Waals surface area contributed by atoms with E-state index >= 15 is 0 Å². The molecule has 1 unspecified atom stereocenters. The summed E-state index contributed by atoms with van der Waals surface area (Å²) in [6, 6.07) is 6.71. The van der Waals surface area contributed by atoms with Gasteiger partial charge in [0, 0.05) is 17.8 Å². The molecule has 1 aliphatic rings. The average molecular weight is 260 g/mol. The van der Waals surface area contributed by atoms with Crippen molar-refractivity contribution in [3.8, 4) is 0 Å². The molecule has 0 radical (unpaired) electrons. The smallest absolute Gasteiger partial charge is 0.0432 e. The molecule has 1 aromatic carbocycles. The Kier molecular flexibility index (Phi) is 4.19. The number of hydrogen-bond donors (Lipinski definition) is 1. The number of aryl methyl sites for hydroxylation is 2. The number of hydrogen-bond acceptors (Lipinski definition) is 2. The van der Waals surface area contributed by atoms with Crippen LogP contribution >= 0.6 is 0 Å². The molecular formula is C17H28N2. The van der Waals surface area contributed by atoms with Crippen molar-refractivity contribution in [1.29, 1.82) is 0 Å². The standard InChI is InChI=1S/C17H28N2/c1-6-14-9-7-8-13(2)16(14)19-11-10-15(12-18-5)17(19,3)4/h7-9,15,18H,6,10-12H2,1-5H3. The van der Waals surface area contributed by atoms with Crippen molar-refractivity contribution in [3.63, 3.8) is 0 Å². The highest BCUT2D eigenvalue weighted by atomic mass is 15.2. The SMILES string of the molecule is CCc1cccc(C)c1N1CCC(CNC)C1(C)C. The molecule has 1 fully saturated rings. The second-order valence-electron chi connectivity index (χ2n) is 6.28. The molecule has 19 heavy (non-hydrogen) atoms. The lowest BCUT2D eigenvalue weighted by molar-refractivity contribution is 0.355. The number of anilines is 1. The molecule has 2 rings (SSSR count). The van der Waals surface area contributed by atoms with E-state index in [1.54, 1.807) is 0 Å². The zero-order valence-corrected chi connectivity index (χ0v) is 13.1. The highest BCUT2D eigenvalue weighted by Crippen LogP contribution is 2.40. The van der Waals surface area contributed by atoms with Crippen molar-refractivity contribution >= 4 is 5.69 Å². The molecule has 2 heteroatoms. The van der Waals surface area contributed by atoms with Gasteiger partial charge in [0.1, 0.15) is 0 Å². The predicted molar refractivity (Wildman–Crippen MR) is 84.0 cm³/mol. The summed E-state index contributed by atoms with van der Waals surface area (Å²) in [6.07, 6.45) is 2.39. The molecule has 1 aromatic rings. The first kappa shape index (κ1) is 14.4. The summed E-state index contributed by atoms with van der Waals surface area (Å²) in [7, 11) is 2.06. The van der Waals surface area contributed by atoms with Crippen LogP contribution < -0.4 is 10.2 Å². The fourth-order valence-electron chi connectivity index (χ4n) is 3.54. The van der Waals surface area contributed by atoms with Crippen LogP contribution in [0.25, 0.3) is 0 Å². The van der Waals surface area contributed by atoms with Gasteiger partial charge < -0.3 is 10.2 Å². The van der Waals surface area contributed by atoms with Crippen molar-refractivity contribution in [1.82, 2.24) is 5.32 Å². The summed E-state index contributed by atoms with van der Waals surface area (Å²) in [5, 5.41) is 3.35. The summed E-state index contributed by atoms with van der Waals surface area (Å²) < 4.78 is 0. The molecule has 0 aromatic heterocycles. The number of nitrogens with zero attached hydrogens (tertiary/aromatic N) is 1. The number of benzene rings is 1. The lowest BCUT2D eigenvalue weighted by atomic mass is 9.87. The van der Waals surface area contributed by atoms with Gasteiger partial charge in [-0.3, -0.25) is 0 Å². The Labute approximate surface area is 118 Å². The molecule has 1 N–H and O–H groups in total. The van der Waals surface area contributed by atoms with Crippen LogP contribution in [0.15, 0.2) is 18.2 Å². The number of para-hydroxylation sites is 1. The van der Waals surface area contributed by atoms with E-state index in [2.05, 4.69) is 63.2 Å². The van der Waals surface area contributed by atoms with E-state index in [-0.39, 0.29) is 5.54 Å². The van der Waals surface area contributed by atoms with Gasteiger partial charge in [0.05, 0.1) is 0 Å². The van der Waals surface area contributed by atoms with Crippen molar-refractivity contribution in [2.45, 2.75) is 46.1 Å². The Bertz CT molecular complexity index is 437. The zero-order chi connectivity index (χ0) is 14.0. The van der Waals surface area contributed by atoms with Gasteiger partial charge in [-0.25, -0.2) is 0 Å². The highest BCUT2D eigenvalue weighted by molar-refractivity contribution is 5.62. The minimum atomic E-state index is 0.235. The van der Waals surface area contributed by atoms with Crippen molar-refractivity contribution < 1.29 is 0 Å². The van der Waals surface area contributed by atoms with Gasteiger partial charge in [0.15, 0.2) is 0 Å². The van der Waals surface area contributed by atoms with E-state index in [1.165, 1.54) is 29.8 Å². The van der Waals surface area contributed by atoms with Crippen LogP contribution in [-0.2, 0) is 6.42 Å². The molecule has 1 heterocycles. The molecule has 2 nitrogen and oxygen atoms in total. The predicted octanol–water partition coefficient (Wildman–Crippen LogP) is 3.38. The molecule has 0 spiro atoms. The Hall–Kier alpha value is -1.02. The van der Waals surface area contributed by atoms with Crippen LogP contribution in [0, 0.1) is 12.8 Å². The monoisotopic (exact) mass is 260 g/mol. The van der Waals surface area contributed by atoms with Gasteiger partial charge in [-0.1, -0.05) is 25.1 Å². The molecule has 1 saturated heterocycles. The van der Waals surface area contributed by atoms with Crippen LogP contribution in [0.1, 0.15) is 38.3 Å². The minimum absolute atomic E-state index is 0.235. The Morgan fingerprint density at radius 3 is 2.74 bits per heavy atom. The third-order valence-electron chi connectivity index (χ3n) is 4.82.